The molecule has 0 saturated carbocycles. The maximum atomic E-state index is 5.11. The number of benzene rings is 4. The summed E-state index contributed by atoms with van der Waals surface area (Å²) in [5.41, 5.74) is 7.74. The number of thiophene rings is 1. The third kappa shape index (κ3) is 5.46. The molecular weight excluding hydrogens is 502 g/mol. The van der Waals surface area contributed by atoms with Crippen molar-refractivity contribution in [1.82, 2.24) is 0 Å². The number of fused-ring (bicyclic) bond motifs is 3. The molecule has 0 radical (unpaired) electrons. The predicted molar refractivity (Wildman–Crippen MR) is 153 cm³/mol. The average molecular weight is 525 g/mol. The molecule has 168 valence electrons. The maximum Gasteiger partial charge on any atom is 1.00 e. The quantitative estimate of drug-likeness (QED) is 0.210. The first-order valence-electron chi connectivity index (χ1n) is 11.6. The second-order valence-electron chi connectivity index (χ2n) is 8.28. The number of aliphatic imine (C=N–C) groups is 2. The van der Waals surface area contributed by atoms with Gasteiger partial charge in [0.15, 0.2) is 0 Å². The molecule has 0 atom stereocenters. The van der Waals surface area contributed by atoms with Gasteiger partial charge in [-0.2, -0.15) is 11.5 Å². The Hall–Kier alpha value is -2.01. The topological polar surface area (TPSA) is 24.7 Å². The van der Waals surface area contributed by atoms with Crippen LogP contribution >= 0.6 is 19.9 Å². The van der Waals surface area contributed by atoms with Gasteiger partial charge in [-0.05, 0) is 22.3 Å². The van der Waals surface area contributed by atoms with Gasteiger partial charge in [-0.15, -0.1) is 11.3 Å². The van der Waals surface area contributed by atoms with Gasteiger partial charge >= 0.3 is 51.4 Å². The Morgan fingerprint density at radius 3 is 1.69 bits per heavy atom. The SMILES string of the molecule is C1=Nc2c(-c3ccccc3)sc(-c3ccccc3)c2N=Cc2ccccc2[P-]Cc2ccccc21.[K+]. The van der Waals surface area contributed by atoms with Crippen LogP contribution in [0.5, 0.6) is 0 Å². The van der Waals surface area contributed by atoms with Gasteiger partial charge in [-0.25, -0.2) is 0 Å². The van der Waals surface area contributed by atoms with Gasteiger partial charge < -0.3 is 8.58 Å². The third-order valence-corrected chi connectivity index (χ3v) is 8.52. The largest absolute Gasteiger partial charge is 1.00 e. The molecule has 4 aromatic carbocycles. The molecule has 0 spiro atoms. The third-order valence-electron chi connectivity index (χ3n) is 6.01. The smallest absolute Gasteiger partial charge is 0.501 e. The molecule has 36 heavy (non-hydrogen) atoms. The summed E-state index contributed by atoms with van der Waals surface area (Å²) >= 11 is 1.76. The van der Waals surface area contributed by atoms with E-state index in [4.69, 9.17) is 9.98 Å². The fourth-order valence-electron chi connectivity index (χ4n) is 4.21. The monoisotopic (exact) mass is 524 g/mol. The molecule has 1 aromatic heterocycles. The van der Waals surface area contributed by atoms with Crippen LogP contribution in [0.25, 0.3) is 20.9 Å². The molecular formula is C31H22KN2PS. The average Bonchev–Trinajstić information content (AvgIpc) is 3.29. The molecule has 2 heterocycles. The van der Waals surface area contributed by atoms with Crippen molar-refractivity contribution in [1.29, 1.82) is 0 Å². The second kappa shape index (κ2) is 12.0. The summed E-state index contributed by atoms with van der Waals surface area (Å²) in [6, 6.07) is 38.1. The van der Waals surface area contributed by atoms with E-state index in [2.05, 4.69) is 109 Å². The number of hydrogen-bond donors (Lipinski definition) is 0. The van der Waals surface area contributed by atoms with E-state index in [-0.39, 0.29) is 51.4 Å². The molecule has 5 heteroatoms. The van der Waals surface area contributed by atoms with Crippen LogP contribution in [0.2, 0.25) is 0 Å². The van der Waals surface area contributed by atoms with E-state index in [1.165, 1.54) is 19.4 Å². The predicted octanol–water partition coefficient (Wildman–Crippen LogP) is 5.67. The van der Waals surface area contributed by atoms with Crippen LogP contribution in [0.1, 0.15) is 16.7 Å². The van der Waals surface area contributed by atoms with Crippen LogP contribution in [-0.2, 0) is 6.16 Å². The Morgan fingerprint density at radius 1 is 0.556 bits per heavy atom. The van der Waals surface area contributed by atoms with Crippen LogP contribution in [0.15, 0.2) is 119 Å². The summed E-state index contributed by atoms with van der Waals surface area (Å²) in [6.45, 7) is 0. The van der Waals surface area contributed by atoms with Gasteiger partial charge in [-0.1, -0.05) is 115 Å². The first-order valence-corrected chi connectivity index (χ1v) is 13.5. The van der Waals surface area contributed by atoms with Crippen LogP contribution in [0, 0.1) is 0 Å². The number of rotatable bonds is 2. The van der Waals surface area contributed by atoms with E-state index in [0.29, 0.717) is 0 Å². The standard InChI is InChI=1S/C31H22N2PS.K/c1-3-11-22(12-4-1)30-28-29(31(35-30)23-13-5-2-6-14-23)33-20-25-16-9-10-18-27(25)34-21-26-17-8-7-15-24(26)19-32-28;/h1-20H,21H2;/q-1;+1. The van der Waals surface area contributed by atoms with Gasteiger partial charge in [0.05, 0.1) is 9.75 Å². The molecule has 0 saturated heterocycles. The summed E-state index contributed by atoms with van der Waals surface area (Å²) in [5, 5.41) is 1.28. The zero-order valence-electron chi connectivity index (χ0n) is 20.0. The van der Waals surface area contributed by atoms with Crippen LogP contribution < -0.4 is 56.7 Å². The van der Waals surface area contributed by atoms with E-state index in [1.54, 1.807) is 11.3 Å². The number of hydrogen-bond acceptors (Lipinski definition) is 3. The van der Waals surface area contributed by atoms with Gasteiger partial charge in [0.1, 0.15) is 11.4 Å². The zero-order chi connectivity index (χ0) is 23.5. The molecule has 1 aliphatic rings. The van der Waals surface area contributed by atoms with E-state index in [0.717, 1.165) is 49.5 Å². The van der Waals surface area contributed by atoms with Crippen molar-refractivity contribution in [3.8, 4) is 20.9 Å². The Labute approximate surface area is 260 Å². The first kappa shape index (κ1) is 25.6. The van der Waals surface area contributed by atoms with Crippen molar-refractivity contribution < 1.29 is 51.4 Å². The van der Waals surface area contributed by atoms with Gasteiger partial charge in [0.2, 0.25) is 0 Å². The molecule has 1 aliphatic heterocycles. The Bertz CT molecular complexity index is 1430. The summed E-state index contributed by atoms with van der Waals surface area (Å²) in [6.07, 6.45) is 4.96. The minimum atomic E-state index is 0. The van der Waals surface area contributed by atoms with E-state index in [1.807, 2.05) is 12.4 Å². The van der Waals surface area contributed by atoms with Crippen LogP contribution in [-0.4, -0.2) is 12.4 Å². The molecule has 2 nitrogen and oxygen atoms in total. The van der Waals surface area contributed by atoms with Crippen molar-refractivity contribution in [2.75, 3.05) is 0 Å². The molecule has 0 unspecified atom stereocenters. The molecule has 6 rings (SSSR count). The normalized spacial score (nSPS) is 13.0. The van der Waals surface area contributed by atoms with E-state index < -0.39 is 0 Å². The Balaban J connectivity index is 0.00000267. The van der Waals surface area contributed by atoms with Crippen molar-refractivity contribution >= 4 is 49.0 Å². The van der Waals surface area contributed by atoms with Crippen molar-refractivity contribution in [3.63, 3.8) is 0 Å². The molecule has 0 fully saturated rings. The fraction of sp³-hybridized carbons (Fsp3) is 0.0323. The van der Waals surface area contributed by atoms with Crippen molar-refractivity contribution in [2.45, 2.75) is 6.16 Å². The van der Waals surface area contributed by atoms with Gasteiger partial charge in [0.25, 0.3) is 0 Å². The van der Waals surface area contributed by atoms with E-state index in [9.17, 15) is 0 Å². The zero-order valence-corrected chi connectivity index (χ0v) is 24.8. The van der Waals surface area contributed by atoms with Gasteiger partial charge in [-0.3, -0.25) is 9.98 Å². The summed E-state index contributed by atoms with van der Waals surface area (Å²) < 4.78 is 0. The Kier molecular flexibility index (Phi) is 8.56. The molecule has 0 amide bonds. The molecule has 5 aromatic rings. The van der Waals surface area contributed by atoms with Gasteiger partial charge in [0, 0.05) is 12.4 Å². The molecule has 0 aliphatic carbocycles. The maximum absolute atomic E-state index is 5.11. The van der Waals surface area contributed by atoms with Crippen molar-refractivity contribution in [3.05, 3.63) is 126 Å². The molecule has 0 bridgehead atoms. The van der Waals surface area contributed by atoms with Crippen LogP contribution in [0.3, 0.4) is 0 Å². The Morgan fingerprint density at radius 2 is 1.06 bits per heavy atom. The first-order chi connectivity index (χ1) is 17.4. The van der Waals surface area contributed by atoms with Crippen molar-refractivity contribution in [2.24, 2.45) is 9.98 Å². The minimum Gasteiger partial charge on any atom is -0.501 e. The summed E-state index contributed by atoms with van der Waals surface area (Å²) in [4.78, 5) is 12.5. The molecule has 0 N–H and O–H groups in total. The second-order valence-corrected chi connectivity index (χ2v) is 10.4. The fourth-order valence-corrected chi connectivity index (χ4v) is 6.55. The summed E-state index contributed by atoms with van der Waals surface area (Å²) in [7, 11) is 1.25. The van der Waals surface area contributed by atoms with E-state index >= 15 is 0 Å². The minimum absolute atomic E-state index is 0. The van der Waals surface area contributed by atoms with Crippen LogP contribution in [0.4, 0.5) is 11.4 Å². The summed E-state index contributed by atoms with van der Waals surface area (Å²) in [5.74, 6) is 0. The number of nitrogens with zero attached hydrogens (tertiary/aromatic N) is 2.